The third-order valence-electron chi connectivity index (χ3n) is 8.49. The first-order valence-electron chi connectivity index (χ1n) is 14.8. The van der Waals surface area contributed by atoms with Crippen LogP contribution in [0.4, 0.5) is 29.2 Å². The molecule has 0 aliphatic carbocycles. The second-order valence-electron chi connectivity index (χ2n) is 11.3. The van der Waals surface area contributed by atoms with Gasteiger partial charge in [0.05, 0.1) is 11.9 Å². The Morgan fingerprint density at radius 3 is 2.43 bits per heavy atom. The van der Waals surface area contributed by atoms with Gasteiger partial charge in [0, 0.05) is 32.7 Å². The number of anilines is 2. The first kappa shape index (κ1) is 29.8. The fourth-order valence-electron chi connectivity index (χ4n) is 6.25. The summed E-state index contributed by atoms with van der Waals surface area (Å²) in [6, 6.07) is 13.8. The van der Waals surface area contributed by atoms with Crippen molar-refractivity contribution in [3.05, 3.63) is 72.2 Å². The lowest BCUT2D eigenvalue weighted by molar-refractivity contribution is -0.191. The molecule has 1 N–H and O–H groups in total. The van der Waals surface area contributed by atoms with Crippen LogP contribution in [0.2, 0.25) is 0 Å². The van der Waals surface area contributed by atoms with Crippen LogP contribution in [0.5, 0.6) is 0 Å². The van der Waals surface area contributed by atoms with Crippen LogP contribution in [0.1, 0.15) is 37.2 Å². The molecule has 232 valence electrons. The Hall–Kier alpha value is -4.26. The van der Waals surface area contributed by atoms with E-state index in [0.717, 1.165) is 50.2 Å². The number of halogens is 4. The summed E-state index contributed by atoms with van der Waals surface area (Å²) in [5.41, 5.74) is 2.76. The van der Waals surface area contributed by atoms with E-state index in [-0.39, 0.29) is 18.9 Å². The van der Waals surface area contributed by atoms with Crippen LogP contribution in [-0.4, -0.2) is 87.0 Å². The largest absolute Gasteiger partial charge is 0.410 e. The molecule has 0 radical (unpaired) electrons. The molecule has 3 aromatic heterocycles. The molecule has 2 aliphatic heterocycles. The summed E-state index contributed by atoms with van der Waals surface area (Å²) in [6.07, 6.45) is 0.746. The van der Waals surface area contributed by atoms with Gasteiger partial charge in [-0.2, -0.15) is 13.2 Å². The standard InChI is InChI=1S/C31H33F4N7O2/c32-23-8-1-5-22(17-23)21-6-3-13-39(14-4-7-21)29-12-11-27-36-18-25(42(27)38-29)24-9-2-10-28(37-24)40-15-16-41(30(44)20-43)26(19-40)31(33,34)35/h1-2,5,8-12,17-18,21,26,43H,3-4,6-7,13-16,19-20H2. The molecule has 6 rings (SSSR count). The lowest BCUT2D eigenvalue weighted by Crippen LogP contribution is -2.61. The van der Waals surface area contributed by atoms with Gasteiger partial charge < -0.3 is 19.8 Å². The smallest absolute Gasteiger partial charge is 0.387 e. The highest BCUT2D eigenvalue weighted by Gasteiger charge is 2.48. The third kappa shape index (κ3) is 6.19. The molecule has 0 bridgehead atoms. The van der Waals surface area contributed by atoms with Gasteiger partial charge in [-0.3, -0.25) is 4.79 Å². The quantitative estimate of drug-likeness (QED) is 0.328. The summed E-state index contributed by atoms with van der Waals surface area (Å²) in [7, 11) is 0. The minimum Gasteiger partial charge on any atom is -0.387 e. The first-order chi connectivity index (χ1) is 21.2. The zero-order chi connectivity index (χ0) is 30.8. The molecule has 2 aliphatic rings. The first-order valence-corrected chi connectivity index (χ1v) is 14.8. The van der Waals surface area contributed by atoms with Crippen molar-refractivity contribution < 1.29 is 27.5 Å². The average Bonchev–Trinajstić information content (AvgIpc) is 3.43. The second kappa shape index (κ2) is 12.4. The number of nitrogens with zero attached hydrogens (tertiary/aromatic N) is 7. The second-order valence-corrected chi connectivity index (χ2v) is 11.3. The van der Waals surface area contributed by atoms with Gasteiger partial charge in [0.2, 0.25) is 5.91 Å². The highest BCUT2D eigenvalue weighted by atomic mass is 19.4. The van der Waals surface area contributed by atoms with E-state index in [4.69, 9.17) is 10.2 Å². The lowest BCUT2D eigenvalue weighted by atomic mass is 9.88. The van der Waals surface area contributed by atoms with Crippen LogP contribution in [0, 0.1) is 5.82 Å². The molecule has 1 aromatic carbocycles. The minimum absolute atomic E-state index is 0.138. The Kier molecular flexibility index (Phi) is 8.39. The number of aliphatic hydroxyl groups is 1. The number of alkyl halides is 3. The van der Waals surface area contributed by atoms with Gasteiger partial charge >= 0.3 is 6.18 Å². The molecule has 1 atom stereocenters. The predicted molar refractivity (Wildman–Crippen MR) is 157 cm³/mol. The summed E-state index contributed by atoms with van der Waals surface area (Å²) in [5, 5.41) is 14.0. The number of piperazine rings is 1. The predicted octanol–water partition coefficient (Wildman–Crippen LogP) is 4.67. The monoisotopic (exact) mass is 611 g/mol. The number of fused-ring (bicyclic) bond motifs is 1. The number of carbonyl (C=O) groups is 1. The molecule has 2 saturated heterocycles. The van der Waals surface area contributed by atoms with Crippen molar-refractivity contribution in [2.45, 2.75) is 43.8 Å². The summed E-state index contributed by atoms with van der Waals surface area (Å²) in [5.74, 6) is 0.298. The Morgan fingerprint density at radius 1 is 0.932 bits per heavy atom. The summed E-state index contributed by atoms with van der Waals surface area (Å²) in [4.78, 5) is 25.5. The van der Waals surface area contributed by atoms with E-state index in [0.29, 0.717) is 33.7 Å². The van der Waals surface area contributed by atoms with Crippen LogP contribution in [0.3, 0.4) is 0 Å². The zero-order valence-corrected chi connectivity index (χ0v) is 24.0. The zero-order valence-electron chi connectivity index (χ0n) is 24.0. The van der Waals surface area contributed by atoms with Gasteiger partial charge in [-0.1, -0.05) is 18.2 Å². The number of carbonyl (C=O) groups excluding carboxylic acids is 1. The molecule has 5 heterocycles. The van der Waals surface area contributed by atoms with Gasteiger partial charge in [-0.25, -0.2) is 18.9 Å². The Balaban J connectivity index is 1.20. The van der Waals surface area contributed by atoms with Crippen molar-refractivity contribution in [1.82, 2.24) is 24.5 Å². The van der Waals surface area contributed by atoms with Crippen LogP contribution in [0.25, 0.3) is 17.0 Å². The van der Waals surface area contributed by atoms with E-state index in [1.165, 1.54) is 11.0 Å². The van der Waals surface area contributed by atoms with E-state index in [9.17, 15) is 22.4 Å². The van der Waals surface area contributed by atoms with Crippen molar-refractivity contribution in [2.75, 3.05) is 49.1 Å². The van der Waals surface area contributed by atoms with Crippen molar-refractivity contribution in [2.24, 2.45) is 0 Å². The Labute approximate surface area is 251 Å². The van der Waals surface area contributed by atoms with Crippen LogP contribution >= 0.6 is 0 Å². The third-order valence-corrected chi connectivity index (χ3v) is 8.49. The number of aromatic nitrogens is 4. The maximum absolute atomic E-state index is 13.8. The maximum Gasteiger partial charge on any atom is 0.410 e. The molecular weight excluding hydrogens is 578 g/mol. The SMILES string of the molecule is O=C(CO)N1CCN(c2cccc(-c3cnc4ccc(N5CCCC(c6cccc(F)c6)CCC5)nn34)n2)CC1C(F)(F)F. The molecule has 44 heavy (non-hydrogen) atoms. The highest BCUT2D eigenvalue weighted by Crippen LogP contribution is 2.32. The fraction of sp³-hybridized carbons (Fsp3) is 0.419. The van der Waals surface area contributed by atoms with E-state index in [2.05, 4.69) is 14.9 Å². The molecule has 13 heteroatoms. The van der Waals surface area contributed by atoms with E-state index in [1.54, 1.807) is 41.0 Å². The maximum atomic E-state index is 13.8. The number of hydrogen-bond acceptors (Lipinski definition) is 7. The van der Waals surface area contributed by atoms with E-state index >= 15 is 0 Å². The average molecular weight is 612 g/mol. The molecule has 9 nitrogen and oxygen atoms in total. The number of imidazole rings is 1. The molecule has 0 saturated carbocycles. The number of hydrogen-bond donors (Lipinski definition) is 1. The number of benzene rings is 1. The molecule has 1 amide bonds. The summed E-state index contributed by atoms with van der Waals surface area (Å²) < 4.78 is 57.0. The van der Waals surface area contributed by atoms with E-state index in [1.807, 2.05) is 18.2 Å². The van der Waals surface area contributed by atoms with Gasteiger partial charge in [0.1, 0.15) is 35.8 Å². The summed E-state index contributed by atoms with van der Waals surface area (Å²) >= 11 is 0. The minimum atomic E-state index is -4.66. The molecule has 4 aromatic rings. The van der Waals surface area contributed by atoms with E-state index < -0.39 is 31.3 Å². The van der Waals surface area contributed by atoms with Gasteiger partial charge in [-0.15, -0.1) is 5.10 Å². The summed E-state index contributed by atoms with van der Waals surface area (Å²) in [6.45, 7) is 0.0847. The van der Waals surface area contributed by atoms with Crippen LogP contribution < -0.4 is 9.80 Å². The lowest BCUT2D eigenvalue weighted by Gasteiger charge is -2.42. The Morgan fingerprint density at radius 2 is 1.70 bits per heavy atom. The van der Waals surface area contributed by atoms with Gasteiger partial charge in [0.25, 0.3) is 0 Å². The molecule has 2 fully saturated rings. The van der Waals surface area contributed by atoms with Crippen molar-refractivity contribution in [3.8, 4) is 11.4 Å². The van der Waals surface area contributed by atoms with Crippen molar-refractivity contribution >= 4 is 23.2 Å². The van der Waals surface area contributed by atoms with Gasteiger partial charge in [0.15, 0.2) is 5.65 Å². The fourth-order valence-corrected chi connectivity index (χ4v) is 6.25. The normalized spacial score (nSPS) is 18.8. The number of rotatable bonds is 5. The molecule has 0 spiro atoms. The van der Waals surface area contributed by atoms with Crippen molar-refractivity contribution in [3.63, 3.8) is 0 Å². The molecular formula is C31H33F4N7O2. The highest BCUT2D eigenvalue weighted by molar-refractivity contribution is 5.78. The number of aliphatic hydroxyl groups excluding tert-OH is 1. The Bertz CT molecular complexity index is 1620. The van der Waals surface area contributed by atoms with Crippen LogP contribution in [0.15, 0.2) is 60.8 Å². The topological polar surface area (TPSA) is 90.1 Å². The van der Waals surface area contributed by atoms with Gasteiger partial charge in [-0.05, 0) is 73.6 Å². The van der Waals surface area contributed by atoms with Crippen LogP contribution in [-0.2, 0) is 4.79 Å². The number of pyridine rings is 1. The molecule has 1 unspecified atom stereocenters. The number of amides is 1. The van der Waals surface area contributed by atoms with Crippen molar-refractivity contribution in [1.29, 1.82) is 0 Å².